The normalized spacial score (nSPS) is 10.7. The van der Waals surface area contributed by atoms with Gasteiger partial charge in [0.25, 0.3) is 0 Å². The number of pyridine rings is 2. The van der Waals surface area contributed by atoms with Crippen molar-refractivity contribution in [2.24, 2.45) is 7.05 Å². The van der Waals surface area contributed by atoms with E-state index in [1.807, 2.05) is 44.7 Å². The Hall–Kier alpha value is -2.69. The maximum atomic E-state index is 5.66. The first-order valence-corrected chi connectivity index (χ1v) is 6.31. The highest BCUT2D eigenvalue weighted by molar-refractivity contribution is 5.84. The molecule has 0 aliphatic carbocycles. The van der Waals surface area contributed by atoms with E-state index in [1.165, 1.54) is 0 Å². The van der Waals surface area contributed by atoms with Gasteiger partial charge in [-0.1, -0.05) is 0 Å². The van der Waals surface area contributed by atoms with E-state index in [0.29, 0.717) is 5.82 Å². The van der Waals surface area contributed by atoms with Gasteiger partial charge < -0.3 is 5.73 Å². The van der Waals surface area contributed by atoms with Crippen molar-refractivity contribution in [1.29, 1.82) is 0 Å². The predicted octanol–water partition coefficient (Wildman–Crippen LogP) is 2.43. The zero-order chi connectivity index (χ0) is 14.1. The van der Waals surface area contributed by atoms with Crippen molar-refractivity contribution < 1.29 is 0 Å². The van der Waals surface area contributed by atoms with Crippen molar-refractivity contribution in [2.75, 3.05) is 5.73 Å². The number of aromatic nitrogens is 4. The lowest BCUT2D eigenvalue weighted by Gasteiger charge is -2.10. The summed E-state index contributed by atoms with van der Waals surface area (Å²) in [6.07, 6.45) is 7.43. The highest BCUT2D eigenvalue weighted by Gasteiger charge is 2.12. The van der Waals surface area contributed by atoms with Crippen LogP contribution < -0.4 is 5.73 Å². The second-order valence-electron chi connectivity index (χ2n) is 4.69. The molecule has 0 aliphatic heterocycles. The predicted molar refractivity (Wildman–Crippen MR) is 78.8 cm³/mol. The van der Waals surface area contributed by atoms with Crippen LogP contribution in [0.4, 0.5) is 5.82 Å². The molecule has 0 unspecified atom stereocenters. The van der Waals surface area contributed by atoms with Crippen molar-refractivity contribution >= 4 is 5.82 Å². The number of nitrogens with two attached hydrogens (primary N) is 1. The number of aryl methyl sites for hydroxylation is 2. The van der Waals surface area contributed by atoms with Gasteiger partial charge >= 0.3 is 0 Å². The molecule has 0 atom stereocenters. The van der Waals surface area contributed by atoms with Gasteiger partial charge in [-0.05, 0) is 30.7 Å². The Kier molecular flexibility index (Phi) is 2.95. The summed E-state index contributed by atoms with van der Waals surface area (Å²) in [5.41, 5.74) is 10.8. The van der Waals surface area contributed by atoms with Crippen LogP contribution in [0.1, 0.15) is 5.69 Å². The molecule has 0 aliphatic rings. The molecule has 3 rings (SSSR count). The lowest BCUT2D eigenvalue weighted by Crippen LogP contribution is -1.94. The number of hydrogen-bond donors (Lipinski definition) is 1. The van der Waals surface area contributed by atoms with E-state index in [0.717, 1.165) is 27.9 Å². The van der Waals surface area contributed by atoms with E-state index in [4.69, 9.17) is 5.73 Å². The molecule has 0 fully saturated rings. The molecule has 0 spiro atoms. The van der Waals surface area contributed by atoms with Crippen molar-refractivity contribution in [2.45, 2.75) is 6.92 Å². The summed E-state index contributed by atoms with van der Waals surface area (Å²) in [5.74, 6) is 0.512. The van der Waals surface area contributed by atoms with Crippen LogP contribution in [-0.4, -0.2) is 19.7 Å². The molecule has 0 amide bonds. The fourth-order valence-corrected chi connectivity index (χ4v) is 2.28. The van der Waals surface area contributed by atoms with Gasteiger partial charge in [-0.15, -0.1) is 0 Å². The molecular weight excluding hydrogens is 250 g/mol. The first-order valence-electron chi connectivity index (χ1n) is 6.31. The van der Waals surface area contributed by atoms with Gasteiger partial charge in [0.1, 0.15) is 5.82 Å². The van der Waals surface area contributed by atoms with E-state index in [2.05, 4.69) is 15.1 Å². The largest absolute Gasteiger partial charge is 0.384 e. The maximum Gasteiger partial charge on any atom is 0.123 e. The zero-order valence-corrected chi connectivity index (χ0v) is 11.4. The summed E-state index contributed by atoms with van der Waals surface area (Å²) in [6.45, 7) is 1.99. The first-order chi connectivity index (χ1) is 9.65. The molecule has 0 bridgehead atoms. The van der Waals surface area contributed by atoms with Gasteiger partial charge in [-0.25, -0.2) is 4.98 Å². The first kappa shape index (κ1) is 12.3. The quantitative estimate of drug-likeness (QED) is 0.772. The van der Waals surface area contributed by atoms with Crippen LogP contribution in [0.5, 0.6) is 0 Å². The van der Waals surface area contributed by atoms with Crippen LogP contribution in [0.3, 0.4) is 0 Å². The Bertz CT molecular complexity index is 743. The van der Waals surface area contributed by atoms with E-state index in [9.17, 15) is 0 Å². The maximum absolute atomic E-state index is 5.66. The molecule has 3 heterocycles. The summed E-state index contributed by atoms with van der Waals surface area (Å²) in [7, 11) is 1.90. The molecule has 3 aromatic rings. The average Bonchev–Trinajstić information content (AvgIpc) is 2.86. The molecule has 3 aromatic heterocycles. The van der Waals surface area contributed by atoms with E-state index in [-0.39, 0.29) is 0 Å². The molecule has 20 heavy (non-hydrogen) atoms. The zero-order valence-electron chi connectivity index (χ0n) is 11.4. The molecule has 0 saturated heterocycles. The number of anilines is 1. The van der Waals surface area contributed by atoms with Crippen molar-refractivity contribution in [3.8, 4) is 22.3 Å². The lowest BCUT2D eigenvalue weighted by atomic mass is 9.97. The Balaban J connectivity index is 2.21. The monoisotopic (exact) mass is 265 g/mol. The number of hydrogen-bond acceptors (Lipinski definition) is 4. The van der Waals surface area contributed by atoms with Gasteiger partial charge in [-0.2, -0.15) is 5.10 Å². The third-order valence-corrected chi connectivity index (χ3v) is 3.23. The topological polar surface area (TPSA) is 69.6 Å². The van der Waals surface area contributed by atoms with E-state index < -0.39 is 0 Å². The van der Waals surface area contributed by atoms with Crippen molar-refractivity contribution in [1.82, 2.24) is 19.7 Å². The Morgan fingerprint density at radius 2 is 1.90 bits per heavy atom. The van der Waals surface area contributed by atoms with Crippen LogP contribution >= 0.6 is 0 Å². The Morgan fingerprint density at radius 1 is 1.05 bits per heavy atom. The average molecular weight is 265 g/mol. The lowest BCUT2D eigenvalue weighted by molar-refractivity contribution is 0.768. The summed E-state index contributed by atoms with van der Waals surface area (Å²) >= 11 is 0. The molecule has 0 aromatic carbocycles. The van der Waals surface area contributed by atoms with Gasteiger partial charge in [0, 0.05) is 48.0 Å². The van der Waals surface area contributed by atoms with Gasteiger partial charge in [0.05, 0.1) is 6.20 Å². The fraction of sp³-hybridized carbons (Fsp3) is 0.133. The second kappa shape index (κ2) is 4.77. The molecular formula is C15H15N5. The molecule has 0 saturated carbocycles. The van der Waals surface area contributed by atoms with E-state index >= 15 is 0 Å². The summed E-state index contributed by atoms with van der Waals surface area (Å²) < 4.78 is 1.79. The van der Waals surface area contributed by atoms with Crippen molar-refractivity contribution in [3.63, 3.8) is 0 Å². The highest BCUT2D eigenvalue weighted by Crippen LogP contribution is 2.33. The molecule has 0 radical (unpaired) electrons. The van der Waals surface area contributed by atoms with Crippen LogP contribution in [0, 0.1) is 6.92 Å². The molecule has 100 valence electrons. The second-order valence-corrected chi connectivity index (χ2v) is 4.69. The minimum Gasteiger partial charge on any atom is -0.384 e. The molecule has 5 heteroatoms. The highest BCUT2D eigenvalue weighted by atomic mass is 15.2. The summed E-state index contributed by atoms with van der Waals surface area (Å²) in [4.78, 5) is 8.55. The third-order valence-electron chi connectivity index (χ3n) is 3.23. The Morgan fingerprint density at radius 3 is 2.55 bits per heavy atom. The smallest absolute Gasteiger partial charge is 0.123 e. The van der Waals surface area contributed by atoms with Gasteiger partial charge in [0.15, 0.2) is 0 Å². The molecule has 2 N–H and O–H groups in total. The van der Waals surface area contributed by atoms with Crippen molar-refractivity contribution in [3.05, 3.63) is 48.7 Å². The minimum absolute atomic E-state index is 0.512. The van der Waals surface area contributed by atoms with Gasteiger partial charge in [-0.3, -0.25) is 9.67 Å². The summed E-state index contributed by atoms with van der Waals surface area (Å²) in [6, 6.07) is 5.76. The van der Waals surface area contributed by atoms with Crippen LogP contribution in [0.25, 0.3) is 22.3 Å². The standard InChI is InChI=1S/C15H15N5/c1-10-15(11-3-4-14(16)18-7-11)13(5-6-17-10)12-8-19-20(2)9-12/h3-9H,1-2H3,(H2,16,18). The summed E-state index contributed by atoms with van der Waals surface area (Å²) in [5, 5.41) is 4.23. The van der Waals surface area contributed by atoms with E-state index in [1.54, 1.807) is 16.9 Å². The van der Waals surface area contributed by atoms with Crippen LogP contribution in [-0.2, 0) is 7.05 Å². The van der Waals surface area contributed by atoms with Crippen LogP contribution in [0.15, 0.2) is 43.0 Å². The number of nitrogens with zero attached hydrogens (tertiary/aromatic N) is 4. The minimum atomic E-state index is 0.512. The SMILES string of the molecule is Cc1nccc(-c2cnn(C)c2)c1-c1ccc(N)nc1. The molecule has 5 nitrogen and oxygen atoms in total. The third kappa shape index (κ3) is 2.14. The fourth-order valence-electron chi connectivity index (χ4n) is 2.28. The number of nitrogen functional groups attached to an aromatic ring is 1. The number of rotatable bonds is 2. The Labute approximate surface area is 117 Å². The van der Waals surface area contributed by atoms with Gasteiger partial charge in [0.2, 0.25) is 0 Å². The van der Waals surface area contributed by atoms with Crippen LogP contribution in [0.2, 0.25) is 0 Å².